The quantitative estimate of drug-likeness (QED) is 0.178. The first-order valence-corrected chi connectivity index (χ1v) is 18.7. The Labute approximate surface area is 313 Å². The van der Waals surface area contributed by atoms with E-state index in [4.69, 9.17) is 24.4 Å². The zero-order valence-electron chi connectivity index (χ0n) is 28.8. The van der Waals surface area contributed by atoms with Gasteiger partial charge in [-0.3, -0.25) is 0 Å². The predicted molar refractivity (Wildman–Crippen MR) is 222 cm³/mol. The van der Waals surface area contributed by atoms with Gasteiger partial charge in [-0.2, -0.15) is 0 Å². The summed E-state index contributed by atoms with van der Waals surface area (Å²) in [6, 6.07) is 58.7. The van der Waals surface area contributed by atoms with Gasteiger partial charge in [-0.15, -0.1) is 11.3 Å². The van der Waals surface area contributed by atoms with Crippen molar-refractivity contribution in [2.24, 2.45) is 0 Å². The van der Waals surface area contributed by atoms with E-state index in [9.17, 15) is 0 Å². The fourth-order valence-corrected chi connectivity index (χ4v) is 8.71. The van der Waals surface area contributed by atoms with Crippen molar-refractivity contribution in [1.29, 1.82) is 0 Å². The molecule has 0 saturated carbocycles. The molecule has 5 nitrogen and oxygen atoms in total. The highest BCUT2D eigenvalue weighted by Crippen LogP contribution is 2.47. The molecule has 0 radical (unpaired) electrons. The maximum Gasteiger partial charge on any atom is 0.227 e. The minimum atomic E-state index is 0.597. The number of aromatic nitrogens is 4. The first kappa shape index (κ1) is 30.6. The van der Waals surface area contributed by atoms with Crippen LogP contribution in [0.2, 0.25) is 0 Å². The number of oxazole rings is 1. The van der Waals surface area contributed by atoms with Gasteiger partial charge in [0.1, 0.15) is 5.52 Å². The van der Waals surface area contributed by atoms with E-state index in [1.54, 1.807) is 11.3 Å². The molecule has 3 aromatic heterocycles. The molecule has 0 amide bonds. The number of thiophene rings is 1. The maximum absolute atomic E-state index is 6.77. The first-order valence-electron chi connectivity index (χ1n) is 17.9. The Bertz CT molecular complexity index is 3220. The highest BCUT2D eigenvalue weighted by Gasteiger charge is 2.23. The van der Waals surface area contributed by atoms with Crippen molar-refractivity contribution in [2.75, 3.05) is 0 Å². The molecule has 0 aliphatic carbocycles. The second-order valence-corrected chi connectivity index (χ2v) is 14.5. The summed E-state index contributed by atoms with van der Waals surface area (Å²) >= 11 is 1.78. The van der Waals surface area contributed by atoms with E-state index >= 15 is 0 Å². The van der Waals surface area contributed by atoms with Gasteiger partial charge in [0, 0.05) is 48.0 Å². The van der Waals surface area contributed by atoms with Gasteiger partial charge in [0.05, 0.1) is 0 Å². The maximum atomic E-state index is 6.77. The van der Waals surface area contributed by atoms with Crippen LogP contribution in [-0.2, 0) is 0 Å². The fraction of sp³-hybridized carbons (Fsp3) is 0. The smallest absolute Gasteiger partial charge is 0.227 e. The van der Waals surface area contributed by atoms with Crippen molar-refractivity contribution in [2.45, 2.75) is 0 Å². The van der Waals surface area contributed by atoms with Crippen molar-refractivity contribution < 1.29 is 4.42 Å². The molecular formula is C48H28N4OS. The lowest BCUT2D eigenvalue weighted by molar-refractivity contribution is 0.621. The Morgan fingerprint density at radius 2 is 1.04 bits per heavy atom. The highest BCUT2D eigenvalue weighted by molar-refractivity contribution is 7.26. The van der Waals surface area contributed by atoms with Crippen LogP contribution in [0.25, 0.3) is 110 Å². The summed E-state index contributed by atoms with van der Waals surface area (Å²) in [7, 11) is 0. The third-order valence-corrected chi connectivity index (χ3v) is 11.2. The van der Waals surface area contributed by atoms with E-state index in [0.717, 1.165) is 70.7 Å². The molecule has 8 aromatic carbocycles. The van der Waals surface area contributed by atoms with Crippen LogP contribution in [0, 0.1) is 0 Å². The Morgan fingerprint density at radius 1 is 0.407 bits per heavy atom. The van der Waals surface area contributed by atoms with Crippen LogP contribution in [0.5, 0.6) is 0 Å². The molecule has 3 heterocycles. The fourth-order valence-electron chi connectivity index (χ4n) is 7.56. The molecule has 0 atom stereocenters. The van der Waals surface area contributed by atoms with Gasteiger partial charge >= 0.3 is 0 Å². The second kappa shape index (κ2) is 12.3. The minimum absolute atomic E-state index is 0.597. The molecule has 11 rings (SSSR count). The van der Waals surface area contributed by atoms with Crippen LogP contribution >= 0.6 is 11.3 Å². The number of nitrogens with zero attached hydrogens (tertiary/aromatic N) is 4. The summed E-state index contributed by atoms with van der Waals surface area (Å²) in [5, 5.41) is 6.77. The average Bonchev–Trinajstić information content (AvgIpc) is 3.84. The Kier molecular flexibility index (Phi) is 6.97. The number of benzene rings is 8. The molecule has 0 saturated heterocycles. The zero-order valence-corrected chi connectivity index (χ0v) is 29.6. The first-order chi connectivity index (χ1) is 26.7. The van der Waals surface area contributed by atoms with Crippen LogP contribution in [0.15, 0.2) is 174 Å². The van der Waals surface area contributed by atoms with E-state index in [0.29, 0.717) is 23.4 Å². The number of hydrogen-bond donors (Lipinski definition) is 0. The van der Waals surface area contributed by atoms with Crippen molar-refractivity contribution in [1.82, 2.24) is 19.9 Å². The zero-order chi connectivity index (χ0) is 35.6. The lowest BCUT2D eigenvalue weighted by Crippen LogP contribution is -2.01. The highest BCUT2D eigenvalue weighted by atomic mass is 32.1. The molecule has 252 valence electrons. The Balaban J connectivity index is 1.21. The van der Waals surface area contributed by atoms with E-state index in [-0.39, 0.29) is 0 Å². The van der Waals surface area contributed by atoms with Crippen LogP contribution < -0.4 is 0 Å². The molecular weight excluding hydrogens is 681 g/mol. The third-order valence-electron chi connectivity index (χ3n) is 10.1. The van der Waals surface area contributed by atoms with Gasteiger partial charge in [-0.1, -0.05) is 127 Å². The van der Waals surface area contributed by atoms with Gasteiger partial charge in [-0.25, -0.2) is 19.9 Å². The SMILES string of the molecule is c1ccc(-c2nc(-c3ccc4ccccc4c3)nc(-c3cc(-c4c5oc(-c6ccccc6)nc5cc5sc6ccccc6c45)cc4ccccc34)n2)cc1. The summed E-state index contributed by atoms with van der Waals surface area (Å²) < 4.78 is 9.14. The molecule has 0 N–H and O–H groups in total. The van der Waals surface area contributed by atoms with Crippen molar-refractivity contribution in [3.63, 3.8) is 0 Å². The van der Waals surface area contributed by atoms with E-state index in [2.05, 4.69) is 109 Å². The molecule has 0 aliphatic heterocycles. The third kappa shape index (κ3) is 5.07. The summed E-state index contributed by atoms with van der Waals surface area (Å²) in [5.41, 5.74) is 7.30. The molecule has 11 aromatic rings. The number of fused-ring (bicyclic) bond motifs is 6. The molecule has 0 unspecified atom stereocenters. The molecule has 6 heteroatoms. The van der Waals surface area contributed by atoms with E-state index < -0.39 is 0 Å². The molecule has 0 aliphatic rings. The standard InChI is InChI=1S/C48H28N4OS/c1-3-14-30(15-4-1)45-50-46(34-24-23-29-13-7-8-18-32(29)25-34)52-47(51-45)38-27-35(26-33-19-9-10-20-36(33)38)42-43-37-21-11-12-22-40(37)54-41(43)28-39-44(42)53-48(49-39)31-16-5-2-6-17-31/h1-28H. The lowest BCUT2D eigenvalue weighted by Gasteiger charge is -2.14. The van der Waals surface area contributed by atoms with Gasteiger partial charge in [0.25, 0.3) is 0 Å². The van der Waals surface area contributed by atoms with E-state index in [1.807, 2.05) is 60.7 Å². The van der Waals surface area contributed by atoms with E-state index in [1.165, 1.54) is 15.5 Å². The van der Waals surface area contributed by atoms with Crippen LogP contribution in [-0.4, -0.2) is 19.9 Å². The van der Waals surface area contributed by atoms with Gasteiger partial charge in [0.2, 0.25) is 5.89 Å². The number of hydrogen-bond acceptors (Lipinski definition) is 6. The monoisotopic (exact) mass is 708 g/mol. The Hall–Kier alpha value is -7.02. The topological polar surface area (TPSA) is 64.7 Å². The molecule has 54 heavy (non-hydrogen) atoms. The summed E-state index contributed by atoms with van der Waals surface area (Å²) in [5.74, 6) is 2.44. The normalized spacial score (nSPS) is 11.7. The molecule has 0 fully saturated rings. The summed E-state index contributed by atoms with van der Waals surface area (Å²) in [6.45, 7) is 0. The summed E-state index contributed by atoms with van der Waals surface area (Å²) in [6.07, 6.45) is 0. The van der Waals surface area contributed by atoms with Gasteiger partial charge < -0.3 is 4.42 Å². The van der Waals surface area contributed by atoms with Crippen LogP contribution in [0.3, 0.4) is 0 Å². The van der Waals surface area contributed by atoms with Gasteiger partial charge in [0.15, 0.2) is 23.1 Å². The predicted octanol–water partition coefficient (Wildman–Crippen LogP) is 13.0. The number of rotatable bonds is 5. The van der Waals surface area contributed by atoms with Gasteiger partial charge in [-0.05, 0) is 69.6 Å². The van der Waals surface area contributed by atoms with Crippen molar-refractivity contribution in [3.8, 4) is 56.7 Å². The largest absolute Gasteiger partial charge is 0.435 e. The molecule has 0 spiro atoms. The van der Waals surface area contributed by atoms with Crippen LogP contribution in [0.1, 0.15) is 0 Å². The average molecular weight is 709 g/mol. The lowest BCUT2D eigenvalue weighted by atomic mass is 9.93. The van der Waals surface area contributed by atoms with Crippen molar-refractivity contribution >= 4 is 64.2 Å². The minimum Gasteiger partial charge on any atom is -0.435 e. The van der Waals surface area contributed by atoms with Crippen molar-refractivity contribution in [3.05, 3.63) is 170 Å². The second-order valence-electron chi connectivity index (χ2n) is 13.4. The summed E-state index contributed by atoms with van der Waals surface area (Å²) in [4.78, 5) is 20.6. The Morgan fingerprint density at radius 3 is 1.85 bits per heavy atom. The van der Waals surface area contributed by atoms with Crippen LogP contribution in [0.4, 0.5) is 0 Å². The molecule has 0 bridgehead atoms.